The molecule has 0 radical (unpaired) electrons. The van der Waals surface area contributed by atoms with Gasteiger partial charge in [0.2, 0.25) is 0 Å². The predicted molar refractivity (Wildman–Crippen MR) is 82.9 cm³/mol. The van der Waals surface area contributed by atoms with Gasteiger partial charge >= 0.3 is 0 Å². The maximum Gasteiger partial charge on any atom is 0.142 e. The predicted octanol–water partition coefficient (Wildman–Crippen LogP) is 5.15. The lowest BCUT2D eigenvalue weighted by Gasteiger charge is -2.08. The summed E-state index contributed by atoms with van der Waals surface area (Å²) in [6.07, 6.45) is 0. The quantitative estimate of drug-likeness (QED) is 0.628. The lowest BCUT2D eigenvalue weighted by molar-refractivity contribution is 1.06. The zero-order valence-electron chi connectivity index (χ0n) is 10.8. The van der Waals surface area contributed by atoms with Crippen LogP contribution in [0.2, 0.25) is 15.2 Å². The first-order valence-electron chi connectivity index (χ1n) is 5.95. The van der Waals surface area contributed by atoms with Crippen molar-refractivity contribution in [1.29, 1.82) is 0 Å². The molecule has 102 valence electrons. The molecule has 20 heavy (non-hydrogen) atoms. The molecule has 0 saturated heterocycles. The maximum atomic E-state index is 6.27. The lowest BCUT2D eigenvalue weighted by atomic mass is 10.1. The minimum absolute atomic E-state index is 0.442. The largest absolute Gasteiger partial charge is 0.342 e. The molecule has 0 aliphatic carbocycles. The molecule has 2 aliphatic heterocycles. The molecule has 0 saturated carbocycles. The summed E-state index contributed by atoms with van der Waals surface area (Å²) in [5.74, 6) is 0.723. The van der Waals surface area contributed by atoms with E-state index in [2.05, 4.69) is 15.0 Å². The van der Waals surface area contributed by atoms with Crippen LogP contribution in [0.3, 0.4) is 0 Å². The Kier molecular flexibility index (Phi) is 3.36. The van der Waals surface area contributed by atoms with E-state index in [4.69, 9.17) is 34.8 Å². The van der Waals surface area contributed by atoms with Crippen molar-refractivity contribution in [1.82, 2.24) is 15.0 Å². The van der Waals surface area contributed by atoms with Gasteiger partial charge in [-0.3, -0.25) is 4.98 Å². The molecule has 2 aliphatic rings. The Labute approximate surface area is 131 Å². The minimum Gasteiger partial charge on any atom is -0.342 e. The van der Waals surface area contributed by atoms with Crippen molar-refractivity contribution in [2.75, 3.05) is 0 Å². The van der Waals surface area contributed by atoms with Crippen LogP contribution in [0, 0.1) is 13.8 Å². The molecule has 0 unspecified atom stereocenters. The highest BCUT2D eigenvalue weighted by Crippen LogP contribution is 2.40. The van der Waals surface area contributed by atoms with E-state index in [1.54, 1.807) is 12.1 Å². The van der Waals surface area contributed by atoms with Crippen molar-refractivity contribution >= 4 is 34.8 Å². The maximum absolute atomic E-state index is 6.27. The highest BCUT2D eigenvalue weighted by molar-refractivity contribution is 6.36. The molecule has 1 aromatic rings. The van der Waals surface area contributed by atoms with Gasteiger partial charge in [-0.1, -0.05) is 34.8 Å². The second kappa shape index (κ2) is 4.92. The third kappa shape index (κ3) is 2.16. The number of aromatic amines is 1. The SMILES string of the molecule is Cc1nc(Cl)c2c(C)nc(-c3ccc(Cl)cc3Cl)c-2[nH]1. The molecule has 1 N–H and O–H groups in total. The average Bonchev–Trinajstić information content (AvgIpc) is 2.66. The van der Waals surface area contributed by atoms with Crippen LogP contribution in [0.5, 0.6) is 0 Å². The molecule has 0 spiro atoms. The number of hydrogen-bond donors (Lipinski definition) is 1. The lowest BCUT2D eigenvalue weighted by Crippen LogP contribution is -1.94. The van der Waals surface area contributed by atoms with Crippen LogP contribution in [0.4, 0.5) is 0 Å². The van der Waals surface area contributed by atoms with Gasteiger partial charge in [-0.05, 0) is 32.0 Å². The van der Waals surface area contributed by atoms with E-state index < -0.39 is 0 Å². The van der Waals surface area contributed by atoms with Crippen molar-refractivity contribution in [3.8, 4) is 22.5 Å². The smallest absolute Gasteiger partial charge is 0.142 e. The molecule has 1 aromatic carbocycles. The number of hydrogen-bond acceptors (Lipinski definition) is 2. The monoisotopic (exact) mass is 325 g/mol. The minimum atomic E-state index is 0.442. The van der Waals surface area contributed by atoms with Crippen LogP contribution in [0.1, 0.15) is 11.5 Å². The number of aromatic nitrogens is 3. The summed E-state index contributed by atoms with van der Waals surface area (Å²) in [5, 5.41) is 1.58. The van der Waals surface area contributed by atoms with Gasteiger partial charge in [0.05, 0.1) is 27.7 Å². The van der Waals surface area contributed by atoms with Crippen LogP contribution in [-0.4, -0.2) is 15.0 Å². The third-order valence-electron chi connectivity index (χ3n) is 3.09. The van der Waals surface area contributed by atoms with Crippen LogP contribution in [0.15, 0.2) is 18.2 Å². The Morgan fingerprint density at radius 3 is 2.50 bits per heavy atom. The van der Waals surface area contributed by atoms with E-state index in [0.717, 1.165) is 34.0 Å². The third-order valence-corrected chi connectivity index (χ3v) is 3.91. The first kappa shape index (κ1) is 13.7. The van der Waals surface area contributed by atoms with Gasteiger partial charge in [0.25, 0.3) is 0 Å². The Morgan fingerprint density at radius 2 is 1.80 bits per heavy atom. The summed E-state index contributed by atoms with van der Waals surface area (Å²) < 4.78 is 0. The molecule has 0 fully saturated rings. The molecule has 0 aromatic heterocycles. The molecule has 3 nitrogen and oxygen atoms in total. The van der Waals surface area contributed by atoms with E-state index in [0.29, 0.717) is 15.2 Å². The molecule has 0 bridgehead atoms. The first-order chi connectivity index (χ1) is 9.47. The molecule has 6 heteroatoms. The van der Waals surface area contributed by atoms with Gasteiger partial charge in [-0.15, -0.1) is 0 Å². The number of fused-ring (bicyclic) bond motifs is 1. The molecule has 0 amide bonds. The Morgan fingerprint density at radius 1 is 1.05 bits per heavy atom. The van der Waals surface area contributed by atoms with Crippen molar-refractivity contribution in [3.63, 3.8) is 0 Å². The summed E-state index contributed by atoms with van der Waals surface area (Å²) in [6, 6.07) is 5.33. The van der Waals surface area contributed by atoms with Gasteiger partial charge in [-0.2, -0.15) is 0 Å². The standard InChI is InChI=1S/C14H10Cl3N3/c1-6-11-13(19-7(2)20-14(11)17)12(18-6)9-4-3-8(15)5-10(9)16/h3-5H,1-2H3,(H,19,20). The van der Waals surface area contributed by atoms with Gasteiger partial charge in [-0.25, -0.2) is 4.98 Å². The highest BCUT2D eigenvalue weighted by atomic mass is 35.5. The summed E-state index contributed by atoms with van der Waals surface area (Å²) in [7, 11) is 0. The van der Waals surface area contributed by atoms with Crippen LogP contribution < -0.4 is 0 Å². The van der Waals surface area contributed by atoms with E-state index in [1.165, 1.54) is 0 Å². The second-order valence-electron chi connectivity index (χ2n) is 4.53. The van der Waals surface area contributed by atoms with Crippen molar-refractivity contribution in [2.24, 2.45) is 0 Å². The van der Waals surface area contributed by atoms with Gasteiger partial charge in [0.15, 0.2) is 0 Å². The Hall–Kier alpha value is -1.29. The summed E-state index contributed by atoms with van der Waals surface area (Å²) in [6.45, 7) is 3.74. The van der Waals surface area contributed by atoms with E-state index in [-0.39, 0.29) is 0 Å². The molecule has 2 heterocycles. The number of rotatable bonds is 1. The zero-order chi connectivity index (χ0) is 14.4. The Balaban J connectivity index is 2.31. The fourth-order valence-corrected chi connectivity index (χ4v) is 3.10. The number of H-pyrrole nitrogens is 1. The topological polar surface area (TPSA) is 41.6 Å². The summed E-state index contributed by atoms with van der Waals surface area (Å²) in [4.78, 5) is 12.0. The van der Waals surface area contributed by atoms with Gasteiger partial charge < -0.3 is 4.98 Å². The van der Waals surface area contributed by atoms with Gasteiger partial charge in [0.1, 0.15) is 11.0 Å². The first-order valence-corrected chi connectivity index (χ1v) is 7.08. The Bertz CT molecular complexity index is 780. The second-order valence-corrected chi connectivity index (χ2v) is 5.73. The number of benzene rings is 1. The fourth-order valence-electron chi connectivity index (χ4n) is 2.24. The molecular weight excluding hydrogens is 317 g/mol. The summed E-state index contributed by atoms with van der Waals surface area (Å²) >= 11 is 18.4. The number of halogens is 3. The van der Waals surface area contributed by atoms with Crippen LogP contribution in [0.25, 0.3) is 22.5 Å². The van der Waals surface area contributed by atoms with E-state index in [1.807, 2.05) is 19.9 Å². The van der Waals surface area contributed by atoms with Crippen molar-refractivity contribution in [2.45, 2.75) is 13.8 Å². The molecule has 0 atom stereocenters. The van der Waals surface area contributed by atoms with Crippen molar-refractivity contribution in [3.05, 3.63) is 44.9 Å². The number of nitrogens with zero attached hydrogens (tertiary/aromatic N) is 2. The normalized spacial score (nSPS) is 11.2. The average molecular weight is 327 g/mol. The fraction of sp³-hybridized carbons (Fsp3) is 0.143. The van der Waals surface area contributed by atoms with Crippen LogP contribution in [-0.2, 0) is 0 Å². The van der Waals surface area contributed by atoms with Crippen LogP contribution >= 0.6 is 34.8 Å². The molecular formula is C14H10Cl3N3. The zero-order valence-corrected chi connectivity index (χ0v) is 13.0. The highest BCUT2D eigenvalue weighted by Gasteiger charge is 2.23. The summed E-state index contributed by atoms with van der Waals surface area (Å²) in [5.41, 5.74) is 4.04. The van der Waals surface area contributed by atoms with E-state index in [9.17, 15) is 0 Å². The number of nitrogens with one attached hydrogen (secondary N) is 1. The van der Waals surface area contributed by atoms with E-state index >= 15 is 0 Å². The van der Waals surface area contributed by atoms with Gasteiger partial charge in [0, 0.05) is 10.6 Å². The number of aryl methyl sites for hydroxylation is 2. The van der Waals surface area contributed by atoms with Crippen molar-refractivity contribution < 1.29 is 0 Å². The molecule has 3 rings (SSSR count).